The van der Waals surface area contributed by atoms with Gasteiger partial charge in [0.1, 0.15) is 12.2 Å². The summed E-state index contributed by atoms with van der Waals surface area (Å²) < 4.78 is 6.79. The Bertz CT molecular complexity index is 486. The molecule has 0 saturated carbocycles. The van der Waals surface area contributed by atoms with Crippen LogP contribution in [0, 0.1) is 0 Å². The molecule has 0 bridgehead atoms. The topological polar surface area (TPSA) is 62.6 Å². The number of carbonyl (C=O) groups excluding carboxylic acids is 1. The van der Waals surface area contributed by atoms with Crippen molar-refractivity contribution in [2.45, 2.75) is 0 Å². The third kappa shape index (κ3) is 2.06. The lowest BCUT2D eigenvalue weighted by atomic mass is 10.3. The second-order valence-electron chi connectivity index (χ2n) is 3.75. The summed E-state index contributed by atoms with van der Waals surface area (Å²) in [4.78, 5) is 17.7. The maximum absolute atomic E-state index is 11.7. The van der Waals surface area contributed by atoms with Crippen molar-refractivity contribution >= 4 is 11.6 Å². The Balaban J connectivity index is 2.02. The minimum absolute atomic E-state index is 0.348. The van der Waals surface area contributed by atoms with Crippen molar-refractivity contribution in [2.24, 2.45) is 0 Å². The Morgan fingerprint density at radius 1 is 1.62 bits per heavy atom. The number of nitrogens with zero attached hydrogens (tertiary/aromatic N) is 3. The van der Waals surface area contributed by atoms with Gasteiger partial charge in [0.25, 0.3) is 0 Å². The summed E-state index contributed by atoms with van der Waals surface area (Å²) in [5, 5.41) is 2.89. The molecule has 1 N–H and O–H groups in total. The first-order valence-electron chi connectivity index (χ1n) is 5.01. The van der Waals surface area contributed by atoms with Gasteiger partial charge < -0.3 is 9.64 Å². The standard InChI is InChI=1S/C10H14N4O2/c1-13(2)5-6-16-10(15)8-7-12-14-4-3-11-9(8)14/h3-4,7,12H,5-6H2,1-2H3. The van der Waals surface area contributed by atoms with E-state index in [-0.39, 0.29) is 5.97 Å². The zero-order valence-electron chi connectivity index (χ0n) is 9.30. The average molecular weight is 222 g/mol. The molecule has 2 rings (SSSR count). The third-order valence-corrected chi connectivity index (χ3v) is 2.22. The van der Waals surface area contributed by atoms with Crippen LogP contribution in [0.2, 0.25) is 0 Å². The lowest BCUT2D eigenvalue weighted by molar-refractivity contribution is 0.0484. The van der Waals surface area contributed by atoms with Crippen molar-refractivity contribution in [1.29, 1.82) is 0 Å². The maximum atomic E-state index is 11.7. The van der Waals surface area contributed by atoms with Crippen LogP contribution in [0.3, 0.4) is 0 Å². The number of ether oxygens (including phenoxy) is 1. The van der Waals surface area contributed by atoms with Crippen molar-refractivity contribution in [2.75, 3.05) is 27.2 Å². The van der Waals surface area contributed by atoms with Crippen molar-refractivity contribution in [1.82, 2.24) is 19.5 Å². The summed E-state index contributed by atoms with van der Waals surface area (Å²) in [6.45, 7) is 1.09. The number of rotatable bonds is 4. The van der Waals surface area contributed by atoms with Crippen LogP contribution in [0.4, 0.5) is 0 Å². The smallest absolute Gasteiger partial charge is 0.343 e. The monoisotopic (exact) mass is 222 g/mol. The number of fused-ring (bicyclic) bond motifs is 1. The van der Waals surface area contributed by atoms with Crippen LogP contribution >= 0.6 is 0 Å². The van der Waals surface area contributed by atoms with Gasteiger partial charge in [-0.2, -0.15) is 0 Å². The fourth-order valence-corrected chi connectivity index (χ4v) is 1.35. The molecule has 0 fully saturated rings. The molecule has 0 aliphatic heterocycles. The lowest BCUT2D eigenvalue weighted by Gasteiger charge is -2.08. The average Bonchev–Trinajstić information content (AvgIpc) is 2.76. The van der Waals surface area contributed by atoms with Gasteiger partial charge in [0.05, 0.1) is 0 Å². The summed E-state index contributed by atoms with van der Waals surface area (Å²) in [7, 11) is 3.86. The van der Waals surface area contributed by atoms with E-state index in [1.165, 1.54) is 0 Å². The number of imidazole rings is 1. The molecule has 0 unspecified atom stereocenters. The van der Waals surface area contributed by atoms with Gasteiger partial charge in [-0.15, -0.1) is 0 Å². The number of hydrogen-bond acceptors (Lipinski definition) is 4. The van der Waals surface area contributed by atoms with E-state index in [1.807, 2.05) is 19.0 Å². The highest BCUT2D eigenvalue weighted by molar-refractivity contribution is 5.95. The van der Waals surface area contributed by atoms with E-state index in [1.54, 1.807) is 23.1 Å². The van der Waals surface area contributed by atoms with Crippen molar-refractivity contribution in [3.8, 4) is 0 Å². The van der Waals surface area contributed by atoms with Crippen LogP contribution in [0.1, 0.15) is 10.4 Å². The first-order valence-corrected chi connectivity index (χ1v) is 5.01. The first-order chi connectivity index (χ1) is 7.68. The molecule has 0 atom stereocenters. The number of H-pyrrole nitrogens is 1. The number of likely N-dealkylation sites (N-methyl/N-ethyl adjacent to an activating group) is 1. The van der Waals surface area contributed by atoms with Crippen molar-refractivity contribution in [3.05, 3.63) is 24.2 Å². The van der Waals surface area contributed by atoms with E-state index in [2.05, 4.69) is 10.1 Å². The highest BCUT2D eigenvalue weighted by atomic mass is 16.5. The zero-order valence-corrected chi connectivity index (χ0v) is 9.30. The summed E-state index contributed by atoms with van der Waals surface area (Å²) in [6.07, 6.45) is 4.97. The molecular weight excluding hydrogens is 208 g/mol. The van der Waals surface area contributed by atoms with Gasteiger partial charge >= 0.3 is 5.97 Å². The normalized spacial score (nSPS) is 11.2. The third-order valence-electron chi connectivity index (χ3n) is 2.22. The number of carbonyl (C=O) groups is 1. The quantitative estimate of drug-likeness (QED) is 0.760. The van der Waals surface area contributed by atoms with Gasteiger partial charge in [0.15, 0.2) is 5.65 Å². The van der Waals surface area contributed by atoms with Crippen molar-refractivity contribution in [3.63, 3.8) is 0 Å². The fraction of sp³-hybridized carbons (Fsp3) is 0.400. The number of aromatic amines is 1. The molecule has 0 aliphatic carbocycles. The zero-order chi connectivity index (χ0) is 11.5. The Kier molecular flexibility index (Phi) is 2.91. The molecule has 0 spiro atoms. The van der Waals surface area contributed by atoms with E-state index in [9.17, 15) is 4.79 Å². The van der Waals surface area contributed by atoms with E-state index in [0.717, 1.165) is 0 Å². The second-order valence-corrected chi connectivity index (χ2v) is 3.75. The Labute approximate surface area is 92.8 Å². The van der Waals surface area contributed by atoms with Gasteiger partial charge in [-0.05, 0) is 14.1 Å². The fourth-order valence-electron chi connectivity index (χ4n) is 1.35. The van der Waals surface area contributed by atoms with Crippen molar-refractivity contribution < 1.29 is 9.53 Å². The van der Waals surface area contributed by atoms with Crippen LogP contribution in [0.15, 0.2) is 18.6 Å². The van der Waals surface area contributed by atoms with Crippen LogP contribution in [-0.4, -0.2) is 52.7 Å². The van der Waals surface area contributed by atoms with Crippen LogP contribution < -0.4 is 0 Å². The molecule has 0 amide bonds. The van der Waals surface area contributed by atoms with Crippen LogP contribution in [-0.2, 0) is 4.74 Å². The summed E-state index contributed by atoms with van der Waals surface area (Å²) in [5.74, 6) is -0.348. The largest absolute Gasteiger partial charge is 0.461 e. The minimum atomic E-state index is -0.348. The van der Waals surface area contributed by atoms with Gasteiger partial charge in [0.2, 0.25) is 0 Å². The Morgan fingerprint density at radius 2 is 2.44 bits per heavy atom. The van der Waals surface area contributed by atoms with Gasteiger partial charge in [-0.3, -0.25) is 5.10 Å². The molecule has 0 aromatic carbocycles. The Morgan fingerprint density at radius 3 is 3.19 bits per heavy atom. The summed E-state index contributed by atoms with van der Waals surface area (Å²) in [6, 6.07) is 0. The van der Waals surface area contributed by atoms with E-state index in [4.69, 9.17) is 4.74 Å². The molecule has 0 radical (unpaired) electrons. The molecule has 0 saturated heterocycles. The molecule has 2 aromatic heterocycles. The summed E-state index contributed by atoms with van der Waals surface area (Å²) >= 11 is 0. The molecule has 2 heterocycles. The molecule has 2 aromatic rings. The molecule has 6 nitrogen and oxygen atoms in total. The molecule has 86 valence electrons. The number of aromatic nitrogens is 3. The minimum Gasteiger partial charge on any atom is -0.461 e. The Hall–Kier alpha value is -1.82. The number of nitrogens with one attached hydrogen (secondary N) is 1. The SMILES string of the molecule is CN(C)CCOC(=O)c1c[nH]n2ccnc12. The second kappa shape index (κ2) is 4.36. The lowest BCUT2D eigenvalue weighted by Crippen LogP contribution is -2.20. The van der Waals surface area contributed by atoms with Crippen LogP contribution in [0.5, 0.6) is 0 Å². The van der Waals surface area contributed by atoms with Gasteiger partial charge in [-0.1, -0.05) is 0 Å². The van der Waals surface area contributed by atoms with Gasteiger partial charge in [0, 0.05) is 25.1 Å². The van der Waals surface area contributed by atoms with E-state index < -0.39 is 0 Å². The van der Waals surface area contributed by atoms with E-state index in [0.29, 0.717) is 24.4 Å². The predicted octanol–water partition coefficient (Wildman–Crippen LogP) is 0.381. The van der Waals surface area contributed by atoms with E-state index >= 15 is 0 Å². The number of hydrogen-bond donors (Lipinski definition) is 1. The summed E-state index contributed by atoms with van der Waals surface area (Å²) in [5.41, 5.74) is 1.05. The first kappa shape index (κ1) is 10.7. The van der Waals surface area contributed by atoms with Crippen LogP contribution in [0.25, 0.3) is 5.65 Å². The number of esters is 1. The molecular formula is C10H14N4O2. The highest BCUT2D eigenvalue weighted by Crippen LogP contribution is 2.08. The molecule has 16 heavy (non-hydrogen) atoms. The molecule has 6 heteroatoms. The van der Waals surface area contributed by atoms with Gasteiger partial charge in [-0.25, -0.2) is 14.3 Å². The highest BCUT2D eigenvalue weighted by Gasteiger charge is 2.14. The molecule has 0 aliphatic rings. The maximum Gasteiger partial charge on any atom is 0.343 e. The predicted molar refractivity (Wildman–Crippen MR) is 58.4 cm³/mol.